The van der Waals surface area contributed by atoms with Gasteiger partial charge in [-0.3, -0.25) is 0 Å². The summed E-state index contributed by atoms with van der Waals surface area (Å²) < 4.78 is 11.3. The molecule has 29 heavy (non-hydrogen) atoms. The van der Waals surface area contributed by atoms with Crippen LogP contribution < -0.4 is 24.8 Å². The Morgan fingerprint density at radius 3 is 0.931 bits per heavy atom. The van der Waals surface area contributed by atoms with Crippen molar-refractivity contribution in [2.45, 2.75) is 66.6 Å². The minimum atomic E-state index is -0.101. The number of ether oxygens (including phenoxy) is 2. The van der Waals surface area contributed by atoms with E-state index in [1.807, 2.05) is 0 Å². The molecular formula is C22H46Cl2NiO2P2. The molecule has 0 heterocycles. The molecular weight excluding hydrogens is 488 g/mol. The zero-order chi connectivity index (χ0) is 21.0. The molecule has 0 N–H and O–H groups in total. The predicted octanol–water partition coefficient (Wildman–Crippen LogP) is 0.235. The summed E-state index contributed by atoms with van der Waals surface area (Å²) in [6.45, 7) is 17.6. The summed E-state index contributed by atoms with van der Waals surface area (Å²) in [4.78, 5) is 0. The third-order valence-corrected chi connectivity index (χ3v) is 5.89. The van der Waals surface area contributed by atoms with Crippen LogP contribution >= 0.6 is 18.5 Å². The number of methoxy groups -OCH3 is 2. The summed E-state index contributed by atoms with van der Waals surface area (Å²) in [5.74, 6) is 2.02. The Balaban J connectivity index is -0.000000120. The fourth-order valence-corrected chi connectivity index (χ4v) is 3.96. The molecule has 2 nitrogen and oxygen atoms in total. The zero-order valence-electron chi connectivity index (χ0n) is 20.1. The first-order valence-corrected chi connectivity index (χ1v) is 11.5. The average molecular weight is 534 g/mol. The summed E-state index contributed by atoms with van der Waals surface area (Å²) in [5.41, 5.74) is -0.201. The third kappa shape index (κ3) is 12.8. The van der Waals surface area contributed by atoms with E-state index in [-0.39, 0.29) is 52.5 Å². The molecule has 0 aromatic heterocycles. The SMILES string of the molecule is COC(C=CCP)(C(C)C)C(C)C.COC(C=CCP)(C(C)C)C(C)C.[Cl-].[Cl-].[Ni+2]. The summed E-state index contributed by atoms with van der Waals surface area (Å²) in [6, 6.07) is 0. The van der Waals surface area contributed by atoms with Gasteiger partial charge in [-0.25, -0.2) is 0 Å². The second-order valence-corrected chi connectivity index (χ2v) is 8.95. The molecule has 7 heteroatoms. The van der Waals surface area contributed by atoms with Crippen molar-refractivity contribution >= 4 is 18.5 Å². The molecule has 0 radical (unpaired) electrons. The van der Waals surface area contributed by atoms with Crippen molar-refractivity contribution in [1.82, 2.24) is 0 Å². The van der Waals surface area contributed by atoms with E-state index in [9.17, 15) is 0 Å². The molecule has 2 unspecified atom stereocenters. The fraction of sp³-hybridized carbons (Fsp3) is 0.818. The van der Waals surface area contributed by atoms with Gasteiger partial charge in [0.15, 0.2) is 0 Å². The van der Waals surface area contributed by atoms with Crippen LogP contribution in [0.1, 0.15) is 55.4 Å². The van der Waals surface area contributed by atoms with E-state index in [0.717, 1.165) is 12.3 Å². The Labute approximate surface area is 209 Å². The van der Waals surface area contributed by atoms with Crippen LogP contribution in [0.5, 0.6) is 0 Å². The van der Waals surface area contributed by atoms with Crippen molar-refractivity contribution in [2.24, 2.45) is 23.7 Å². The van der Waals surface area contributed by atoms with Gasteiger partial charge in [-0.15, -0.1) is 18.5 Å². The second kappa shape index (κ2) is 21.2. The van der Waals surface area contributed by atoms with Crippen molar-refractivity contribution in [1.29, 1.82) is 0 Å². The topological polar surface area (TPSA) is 18.5 Å². The molecule has 0 spiro atoms. The molecule has 0 rings (SSSR count). The van der Waals surface area contributed by atoms with Crippen LogP contribution in [0, 0.1) is 23.7 Å². The van der Waals surface area contributed by atoms with Crippen LogP contribution in [-0.4, -0.2) is 37.7 Å². The minimum absolute atomic E-state index is 0. The first-order chi connectivity index (χ1) is 12.0. The Hall–Kier alpha value is 1.33. The van der Waals surface area contributed by atoms with Crippen LogP contribution in [0.4, 0.5) is 0 Å². The molecule has 0 aliphatic rings. The van der Waals surface area contributed by atoms with Crippen LogP contribution in [-0.2, 0) is 26.0 Å². The molecule has 0 bridgehead atoms. The first-order valence-electron chi connectivity index (χ1n) is 9.88. The normalized spacial score (nSPS) is 12.1. The maximum atomic E-state index is 5.67. The zero-order valence-corrected chi connectivity index (χ0v) is 24.9. The third-order valence-electron chi connectivity index (χ3n) is 5.35. The van der Waals surface area contributed by atoms with Crippen LogP contribution in [0.15, 0.2) is 24.3 Å². The summed E-state index contributed by atoms with van der Waals surface area (Å²) >= 11 is 0. The maximum absolute atomic E-state index is 5.67. The van der Waals surface area contributed by atoms with E-state index in [1.165, 1.54) is 0 Å². The molecule has 0 saturated carbocycles. The summed E-state index contributed by atoms with van der Waals surface area (Å²) in [7, 11) is 9.00. The van der Waals surface area contributed by atoms with Crippen LogP contribution in [0.2, 0.25) is 0 Å². The second-order valence-electron chi connectivity index (χ2n) is 8.01. The maximum Gasteiger partial charge on any atom is 2.00 e. The largest absolute Gasteiger partial charge is 2.00 e. The van der Waals surface area contributed by atoms with Crippen molar-refractivity contribution < 1.29 is 50.8 Å². The summed E-state index contributed by atoms with van der Waals surface area (Å²) in [6.07, 6.45) is 10.7. The van der Waals surface area contributed by atoms with Crippen LogP contribution in [0.25, 0.3) is 0 Å². The van der Waals surface area contributed by atoms with Gasteiger partial charge in [0.1, 0.15) is 0 Å². The van der Waals surface area contributed by atoms with Crippen molar-refractivity contribution in [3.63, 3.8) is 0 Å². The van der Waals surface area contributed by atoms with Gasteiger partial charge in [0, 0.05) is 14.2 Å². The average Bonchev–Trinajstić information content (AvgIpc) is 2.56. The monoisotopic (exact) mass is 532 g/mol. The number of allylic oxidation sites excluding steroid dienone is 2. The first kappa shape index (κ1) is 40.7. The van der Waals surface area contributed by atoms with Gasteiger partial charge < -0.3 is 34.3 Å². The Kier molecular flexibility index (Phi) is 29.7. The van der Waals surface area contributed by atoms with Gasteiger partial charge >= 0.3 is 16.5 Å². The van der Waals surface area contributed by atoms with Gasteiger partial charge in [0.25, 0.3) is 0 Å². The van der Waals surface area contributed by atoms with E-state index in [2.05, 4.69) is 98.2 Å². The number of rotatable bonds is 10. The van der Waals surface area contributed by atoms with Crippen molar-refractivity contribution in [3.05, 3.63) is 24.3 Å². The molecule has 0 aromatic carbocycles. The molecule has 2 atom stereocenters. The summed E-state index contributed by atoms with van der Waals surface area (Å²) in [5, 5.41) is 0. The van der Waals surface area contributed by atoms with Crippen LogP contribution in [0.3, 0.4) is 0 Å². The number of hydrogen-bond acceptors (Lipinski definition) is 2. The fourth-order valence-electron chi connectivity index (χ4n) is 3.69. The molecule has 0 aromatic rings. The van der Waals surface area contributed by atoms with Crippen molar-refractivity contribution in [3.8, 4) is 0 Å². The minimum Gasteiger partial charge on any atom is -1.00 e. The Bertz CT molecular complexity index is 362. The Morgan fingerprint density at radius 1 is 0.621 bits per heavy atom. The molecule has 0 aliphatic heterocycles. The van der Waals surface area contributed by atoms with Gasteiger partial charge in [0.05, 0.1) is 11.2 Å². The van der Waals surface area contributed by atoms with E-state index in [1.54, 1.807) is 14.2 Å². The van der Waals surface area contributed by atoms with Gasteiger partial charge in [-0.1, -0.05) is 79.7 Å². The van der Waals surface area contributed by atoms with Gasteiger partial charge in [-0.2, -0.15) is 0 Å². The quantitative estimate of drug-likeness (QED) is 0.227. The van der Waals surface area contributed by atoms with Crippen molar-refractivity contribution in [2.75, 3.05) is 26.5 Å². The van der Waals surface area contributed by atoms with Gasteiger partial charge in [-0.05, 0) is 36.0 Å². The predicted molar refractivity (Wildman–Crippen MR) is 126 cm³/mol. The van der Waals surface area contributed by atoms with E-state index < -0.39 is 0 Å². The molecule has 180 valence electrons. The standard InChI is InChI=1S/2C11H23OP.2ClH.Ni/c2*1-9(2)11(12-5,10(3)4)7-6-8-13;;;/h2*6-7,9-10H,8,13H2,1-5H3;2*1H;/q;;;;+2/p-2. The Morgan fingerprint density at radius 2 is 0.828 bits per heavy atom. The molecule has 0 saturated heterocycles. The molecule has 0 aliphatic carbocycles. The van der Waals surface area contributed by atoms with E-state index in [4.69, 9.17) is 9.47 Å². The molecule has 0 amide bonds. The smallest absolute Gasteiger partial charge is 1.00 e. The molecule has 0 fully saturated rings. The number of hydrogen-bond donors (Lipinski definition) is 0. The van der Waals surface area contributed by atoms with E-state index >= 15 is 0 Å². The van der Waals surface area contributed by atoms with Gasteiger partial charge in [0.2, 0.25) is 0 Å². The number of halogens is 2. The van der Waals surface area contributed by atoms with E-state index in [0.29, 0.717) is 23.7 Å².